The molecule has 0 spiro atoms. The molecule has 0 aliphatic carbocycles. The number of anilines is 1. The molecule has 2 atom stereocenters. The molecule has 3 heterocycles. The van der Waals surface area contributed by atoms with Gasteiger partial charge in [-0.1, -0.05) is 18.5 Å². The van der Waals surface area contributed by atoms with Crippen molar-refractivity contribution in [2.24, 2.45) is 0 Å². The number of rotatable bonds is 4. The van der Waals surface area contributed by atoms with E-state index in [0.717, 1.165) is 25.8 Å². The van der Waals surface area contributed by atoms with Gasteiger partial charge < -0.3 is 10.2 Å². The smallest absolute Gasteiger partial charge is 0.287 e. The molecule has 1 aromatic rings. The number of piperidine rings is 1. The summed E-state index contributed by atoms with van der Waals surface area (Å²) in [7, 11) is 0. The molecule has 0 amide bonds. The van der Waals surface area contributed by atoms with Gasteiger partial charge in [-0.25, -0.2) is 4.68 Å². The van der Waals surface area contributed by atoms with Crippen LogP contribution >= 0.6 is 11.6 Å². The van der Waals surface area contributed by atoms with E-state index in [-0.39, 0.29) is 10.6 Å². The summed E-state index contributed by atoms with van der Waals surface area (Å²) in [5.41, 5.74) is 0.493. The number of nitrogens with one attached hydrogen (secondary N) is 1. The van der Waals surface area contributed by atoms with Crippen molar-refractivity contribution >= 4 is 17.3 Å². The number of nitrogens with zero attached hydrogens (tertiary/aromatic N) is 3. The zero-order valence-electron chi connectivity index (χ0n) is 12.5. The van der Waals surface area contributed by atoms with Crippen molar-refractivity contribution in [2.45, 2.75) is 57.7 Å². The standard InChI is InChI=1S/C15H23ClN4O/c1-2-6-20-15(21)14(16)13(10-17-20)18-11-5-8-19-7-3-4-12(19)9-11/h10-12,18H,2-9H2,1H3. The molecule has 2 saturated heterocycles. The maximum Gasteiger partial charge on any atom is 0.287 e. The molecule has 1 N–H and O–H groups in total. The Balaban J connectivity index is 1.70. The summed E-state index contributed by atoms with van der Waals surface area (Å²) in [6.07, 6.45) is 7.41. The molecule has 2 fully saturated rings. The maximum absolute atomic E-state index is 12.1. The Morgan fingerprint density at radius 2 is 2.29 bits per heavy atom. The number of aromatic nitrogens is 2. The van der Waals surface area contributed by atoms with Gasteiger partial charge in [-0.2, -0.15) is 5.10 Å². The van der Waals surface area contributed by atoms with Gasteiger partial charge in [0.05, 0.1) is 11.9 Å². The Hall–Kier alpha value is -1.07. The van der Waals surface area contributed by atoms with Crippen molar-refractivity contribution < 1.29 is 0 Å². The van der Waals surface area contributed by atoms with Crippen molar-refractivity contribution in [1.82, 2.24) is 14.7 Å². The summed E-state index contributed by atoms with van der Waals surface area (Å²) in [6.45, 7) is 5.01. The van der Waals surface area contributed by atoms with E-state index in [1.54, 1.807) is 6.20 Å². The minimum atomic E-state index is -0.193. The Morgan fingerprint density at radius 3 is 3.10 bits per heavy atom. The molecule has 116 valence electrons. The van der Waals surface area contributed by atoms with Crippen molar-refractivity contribution in [3.05, 3.63) is 21.6 Å². The Bertz CT molecular complexity index is 559. The number of halogens is 1. The third-order valence-corrected chi connectivity index (χ3v) is 4.97. The van der Waals surface area contributed by atoms with E-state index in [1.807, 2.05) is 6.92 Å². The summed E-state index contributed by atoms with van der Waals surface area (Å²) in [5.74, 6) is 0. The fourth-order valence-corrected chi connectivity index (χ4v) is 3.71. The average molecular weight is 311 g/mol. The largest absolute Gasteiger partial charge is 0.380 e. The molecule has 21 heavy (non-hydrogen) atoms. The lowest BCUT2D eigenvalue weighted by atomic mass is 9.97. The van der Waals surface area contributed by atoms with Crippen LogP contribution in [0, 0.1) is 0 Å². The normalized spacial score (nSPS) is 25.8. The Labute approximate surface area is 130 Å². The maximum atomic E-state index is 12.1. The van der Waals surface area contributed by atoms with Crippen LogP contribution in [-0.4, -0.2) is 39.9 Å². The second kappa shape index (κ2) is 6.36. The van der Waals surface area contributed by atoms with E-state index in [2.05, 4.69) is 15.3 Å². The van der Waals surface area contributed by atoms with Gasteiger partial charge in [0.1, 0.15) is 5.02 Å². The fourth-order valence-electron chi connectivity index (χ4n) is 3.51. The van der Waals surface area contributed by atoms with Crippen LogP contribution in [0.2, 0.25) is 5.02 Å². The highest BCUT2D eigenvalue weighted by Gasteiger charge is 2.31. The first-order valence-electron chi connectivity index (χ1n) is 7.95. The highest BCUT2D eigenvalue weighted by molar-refractivity contribution is 6.32. The average Bonchev–Trinajstić information content (AvgIpc) is 2.94. The zero-order valence-corrected chi connectivity index (χ0v) is 13.3. The lowest BCUT2D eigenvalue weighted by Gasteiger charge is -2.35. The zero-order chi connectivity index (χ0) is 14.8. The van der Waals surface area contributed by atoms with Gasteiger partial charge in [-0.3, -0.25) is 4.79 Å². The van der Waals surface area contributed by atoms with Gasteiger partial charge in [-0.15, -0.1) is 0 Å². The molecule has 0 bridgehead atoms. The van der Waals surface area contributed by atoms with Gasteiger partial charge in [0.2, 0.25) is 0 Å². The van der Waals surface area contributed by atoms with Crippen LogP contribution in [0.5, 0.6) is 0 Å². The van der Waals surface area contributed by atoms with Crippen LogP contribution in [0.15, 0.2) is 11.0 Å². The van der Waals surface area contributed by atoms with Crippen molar-refractivity contribution in [1.29, 1.82) is 0 Å². The molecule has 1 aromatic heterocycles. The molecule has 6 heteroatoms. The molecule has 2 aliphatic heterocycles. The van der Waals surface area contributed by atoms with E-state index in [1.165, 1.54) is 24.1 Å². The third-order valence-electron chi connectivity index (χ3n) is 4.60. The molecule has 2 aliphatic rings. The molecule has 0 saturated carbocycles. The van der Waals surface area contributed by atoms with Crippen LogP contribution in [0.3, 0.4) is 0 Å². The van der Waals surface area contributed by atoms with Crippen molar-refractivity contribution in [2.75, 3.05) is 18.4 Å². The van der Waals surface area contributed by atoms with E-state index < -0.39 is 0 Å². The van der Waals surface area contributed by atoms with E-state index >= 15 is 0 Å². The van der Waals surface area contributed by atoms with Gasteiger partial charge >= 0.3 is 0 Å². The second-order valence-corrected chi connectivity index (χ2v) is 6.48. The molecular formula is C15H23ClN4O. The van der Waals surface area contributed by atoms with E-state index in [9.17, 15) is 4.79 Å². The summed E-state index contributed by atoms with van der Waals surface area (Å²) in [6, 6.07) is 1.09. The van der Waals surface area contributed by atoms with Crippen molar-refractivity contribution in [3.63, 3.8) is 0 Å². The Morgan fingerprint density at radius 1 is 1.43 bits per heavy atom. The second-order valence-electron chi connectivity index (χ2n) is 6.10. The lowest BCUT2D eigenvalue weighted by Crippen LogP contribution is -2.43. The molecule has 5 nitrogen and oxygen atoms in total. The number of aryl methyl sites for hydroxylation is 1. The molecule has 3 rings (SSSR count). The van der Waals surface area contributed by atoms with Crippen LogP contribution in [0.1, 0.15) is 39.0 Å². The monoisotopic (exact) mass is 310 g/mol. The van der Waals surface area contributed by atoms with Gasteiger partial charge in [0.15, 0.2) is 0 Å². The minimum absolute atomic E-state index is 0.193. The summed E-state index contributed by atoms with van der Waals surface area (Å²) < 4.78 is 1.44. The first-order chi connectivity index (χ1) is 10.2. The van der Waals surface area contributed by atoms with Crippen LogP contribution in [-0.2, 0) is 6.54 Å². The number of hydrogen-bond donors (Lipinski definition) is 1. The molecular weight excluding hydrogens is 288 g/mol. The first-order valence-corrected chi connectivity index (χ1v) is 8.33. The summed E-state index contributed by atoms with van der Waals surface area (Å²) >= 11 is 6.22. The molecule has 0 aromatic carbocycles. The van der Waals surface area contributed by atoms with Crippen LogP contribution < -0.4 is 10.9 Å². The van der Waals surface area contributed by atoms with E-state index in [4.69, 9.17) is 11.6 Å². The SMILES string of the molecule is CCCn1ncc(NC2CCN3CCCC3C2)c(Cl)c1=O. The van der Waals surface area contributed by atoms with Crippen LogP contribution in [0.25, 0.3) is 0 Å². The molecule has 0 radical (unpaired) electrons. The van der Waals surface area contributed by atoms with Gasteiger partial charge in [-0.05, 0) is 38.6 Å². The predicted molar refractivity (Wildman–Crippen MR) is 85.0 cm³/mol. The molecule has 2 unspecified atom stereocenters. The van der Waals surface area contributed by atoms with E-state index in [0.29, 0.717) is 24.3 Å². The minimum Gasteiger partial charge on any atom is -0.380 e. The number of hydrogen-bond acceptors (Lipinski definition) is 4. The van der Waals surface area contributed by atoms with Crippen LogP contribution in [0.4, 0.5) is 5.69 Å². The quantitative estimate of drug-likeness (QED) is 0.927. The fraction of sp³-hybridized carbons (Fsp3) is 0.733. The highest BCUT2D eigenvalue weighted by atomic mass is 35.5. The third kappa shape index (κ3) is 3.09. The highest BCUT2D eigenvalue weighted by Crippen LogP contribution is 2.29. The summed E-state index contributed by atoms with van der Waals surface area (Å²) in [4.78, 5) is 14.7. The first kappa shape index (κ1) is 14.9. The summed E-state index contributed by atoms with van der Waals surface area (Å²) in [5, 5.41) is 7.92. The van der Waals surface area contributed by atoms with Gasteiger partial charge in [0.25, 0.3) is 5.56 Å². The van der Waals surface area contributed by atoms with Gasteiger partial charge in [0, 0.05) is 25.2 Å². The Kier molecular flexibility index (Phi) is 4.50. The van der Waals surface area contributed by atoms with Crippen molar-refractivity contribution in [3.8, 4) is 0 Å². The predicted octanol–water partition coefficient (Wildman–Crippen LogP) is 2.35. The number of fused-ring (bicyclic) bond motifs is 1. The lowest BCUT2D eigenvalue weighted by molar-refractivity contribution is 0.188. The topological polar surface area (TPSA) is 50.2 Å².